The van der Waals surface area contributed by atoms with E-state index in [2.05, 4.69) is 52.7 Å². The van der Waals surface area contributed by atoms with Gasteiger partial charge in [-0.15, -0.1) is 0 Å². The molecule has 18 heteroatoms. The van der Waals surface area contributed by atoms with Gasteiger partial charge in [0, 0.05) is 98.0 Å². The van der Waals surface area contributed by atoms with Gasteiger partial charge in [-0.1, -0.05) is 85.6 Å². The minimum Gasteiger partial charge on any atom is -0.385 e. The van der Waals surface area contributed by atoms with E-state index in [0.29, 0.717) is 59.9 Å². The Labute approximate surface area is 444 Å². The van der Waals surface area contributed by atoms with Crippen LogP contribution in [0.2, 0.25) is 10.0 Å². The van der Waals surface area contributed by atoms with Crippen LogP contribution in [-0.2, 0) is 9.59 Å². The van der Waals surface area contributed by atoms with E-state index in [1.165, 1.54) is 6.21 Å². The molecule has 0 saturated carbocycles. The van der Waals surface area contributed by atoms with Crippen LogP contribution in [0.15, 0.2) is 166 Å². The molecule has 0 aliphatic rings. The van der Waals surface area contributed by atoms with Gasteiger partial charge < -0.3 is 20.4 Å². The minimum absolute atomic E-state index is 0.146. The molecule has 0 saturated heterocycles. The zero-order chi connectivity index (χ0) is 53.5. The predicted molar refractivity (Wildman–Crippen MR) is 306 cm³/mol. The van der Waals surface area contributed by atoms with Crippen molar-refractivity contribution in [2.45, 2.75) is 39.5 Å². The summed E-state index contributed by atoms with van der Waals surface area (Å²) in [6, 6.07) is 44.2. The summed E-state index contributed by atoms with van der Waals surface area (Å²) in [6.45, 7) is 5.21. The molecule has 74 heavy (non-hydrogen) atoms. The van der Waals surface area contributed by atoms with Gasteiger partial charge in [-0.2, -0.15) is 20.4 Å². The van der Waals surface area contributed by atoms with Gasteiger partial charge in [0.1, 0.15) is 0 Å². The van der Waals surface area contributed by atoms with Gasteiger partial charge in [-0.25, -0.2) is 21.7 Å². The highest BCUT2D eigenvalue weighted by molar-refractivity contribution is 6.31. The maximum atomic E-state index is 12.4. The van der Waals surface area contributed by atoms with Crippen LogP contribution in [0.25, 0.3) is 0 Å². The van der Waals surface area contributed by atoms with Gasteiger partial charge in [0.15, 0.2) is 0 Å². The van der Waals surface area contributed by atoms with E-state index in [9.17, 15) is 19.2 Å². The Morgan fingerprint density at radius 3 is 1.11 bits per heavy atom. The number of halogens is 2. The van der Waals surface area contributed by atoms with Crippen LogP contribution in [0.1, 0.15) is 82.5 Å². The smallest absolute Gasteiger partial charge is 0.271 e. The Morgan fingerprint density at radius 1 is 0.446 bits per heavy atom. The lowest BCUT2D eigenvalue weighted by molar-refractivity contribution is -0.121. The van der Waals surface area contributed by atoms with Crippen molar-refractivity contribution >= 4 is 94.4 Å². The molecule has 6 aromatic carbocycles. The third-order valence-corrected chi connectivity index (χ3v) is 10.6. The van der Waals surface area contributed by atoms with Crippen LogP contribution >= 0.6 is 23.2 Å². The molecule has 0 atom stereocenters. The summed E-state index contributed by atoms with van der Waals surface area (Å²) in [7, 11) is 7.89. The molecule has 0 fully saturated rings. The molecule has 0 aromatic heterocycles. The van der Waals surface area contributed by atoms with E-state index >= 15 is 0 Å². The Kier molecular flexibility index (Phi) is 25.7. The normalized spacial score (nSPS) is 10.8. The number of carbonyl (C=O) groups is 4. The van der Waals surface area contributed by atoms with Crippen molar-refractivity contribution in [1.29, 1.82) is 0 Å². The molecule has 6 rings (SSSR count). The standard InChI is InChI=1S/C29H35N7O2.C25H23Cl2N5O2.C2H6/c1-35(2)26-10-5-8-22(18-26)20-31-33-28(37)12-7-17-30-25-15-13-24(14-16-25)29(38)34-32-21-23-9-6-11-27(19-23)36(3)4;26-21-6-1-4-18(14-21)16-29-31-24(33)8-3-13-28-23-11-9-20(10-12-23)25(34)32-30-17-19-5-2-7-22(27)15-19;1-2/h5-6,8-11,13-16,18-21,30H,7,12,17H2,1-4H3,(H,33,37)(H,34,38);1-2,4-7,9-12,14-17,28H,3,8,13H2,(H,31,33)(H,32,34);1-2H3/b31-20+,32-21+;29-16+,30-17+;. The SMILES string of the molecule is CC.CN(C)c1cccc(/C=N/NC(=O)CCCNc2ccc(C(=O)N/N=C/c3cccc(N(C)C)c3)cc2)c1.O=C(CCCNc1ccc(C(=O)N/N=C/c2cccc(Cl)c2)cc1)N/N=C/c1cccc(Cl)c1. The van der Waals surface area contributed by atoms with Crippen molar-refractivity contribution in [2.75, 3.05) is 61.7 Å². The van der Waals surface area contributed by atoms with Crippen molar-refractivity contribution in [3.8, 4) is 0 Å². The number of hydrogen-bond donors (Lipinski definition) is 6. The van der Waals surface area contributed by atoms with E-state index in [-0.39, 0.29) is 23.6 Å². The molecule has 6 N–H and O–H groups in total. The molecule has 0 radical (unpaired) electrons. The van der Waals surface area contributed by atoms with Crippen LogP contribution in [0.4, 0.5) is 22.7 Å². The van der Waals surface area contributed by atoms with E-state index in [1.54, 1.807) is 85.4 Å². The Balaban J connectivity index is 0.000000312. The number of hydrazone groups is 4. The fourth-order valence-electron chi connectivity index (χ4n) is 6.31. The van der Waals surface area contributed by atoms with E-state index in [1.807, 2.05) is 131 Å². The van der Waals surface area contributed by atoms with Crippen LogP contribution < -0.4 is 42.1 Å². The van der Waals surface area contributed by atoms with Crippen LogP contribution in [0.5, 0.6) is 0 Å². The summed E-state index contributed by atoms with van der Waals surface area (Å²) in [4.78, 5) is 52.5. The van der Waals surface area contributed by atoms with Crippen LogP contribution in [0, 0.1) is 0 Å². The highest BCUT2D eigenvalue weighted by Gasteiger charge is 2.07. The van der Waals surface area contributed by atoms with Crippen molar-refractivity contribution in [3.63, 3.8) is 0 Å². The Morgan fingerprint density at radius 2 is 0.770 bits per heavy atom. The first kappa shape index (κ1) is 58.2. The van der Waals surface area contributed by atoms with Crippen molar-refractivity contribution < 1.29 is 19.2 Å². The highest BCUT2D eigenvalue weighted by atomic mass is 35.5. The summed E-state index contributed by atoms with van der Waals surface area (Å²) < 4.78 is 0. The van der Waals surface area contributed by atoms with Gasteiger partial charge in [0.2, 0.25) is 11.8 Å². The average molecular weight is 1040 g/mol. The number of benzene rings is 6. The molecule has 386 valence electrons. The molecule has 0 unspecified atom stereocenters. The third kappa shape index (κ3) is 22.4. The number of rotatable bonds is 22. The summed E-state index contributed by atoms with van der Waals surface area (Å²) in [5, 5.41) is 23.7. The molecule has 0 aliphatic heterocycles. The first-order chi connectivity index (χ1) is 35.8. The summed E-state index contributed by atoms with van der Waals surface area (Å²) >= 11 is 11.8. The maximum Gasteiger partial charge on any atom is 0.271 e. The summed E-state index contributed by atoms with van der Waals surface area (Å²) in [5.41, 5.74) is 18.3. The third-order valence-electron chi connectivity index (χ3n) is 10.1. The molecule has 0 aliphatic carbocycles. The van der Waals surface area contributed by atoms with E-state index in [0.717, 1.165) is 45.0 Å². The number of carbonyl (C=O) groups excluding carboxylic acids is 4. The summed E-state index contributed by atoms with van der Waals surface area (Å²) in [5.74, 6) is -0.930. The fourth-order valence-corrected chi connectivity index (χ4v) is 6.71. The summed E-state index contributed by atoms with van der Waals surface area (Å²) in [6.07, 6.45) is 8.26. The number of nitrogens with zero attached hydrogens (tertiary/aromatic N) is 6. The van der Waals surface area contributed by atoms with Crippen LogP contribution in [-0.4, -0.2) is 89.8 Å². The second-order valence-corrected chi connectivity index (χ2v) is 17.2. The molecular weight excluding hydrogens is 976 g/mol. The van der Waals surface area contributed by atoms with Gasteiger partial charge in [0.25, 0.3) is 11.8 Å². The molecule has 0 spiro atoms. The lowest BCUT2D eigenvalue weighted by Gasteiger charge is -2.12. The zero-order valence-electron chi connectivity index (χ0n) is 42.5. The quantitative estimate of drug-likeness (QED) is 0.0219. The van der Waals surface area contributed by atoms with Gasteiger partial charge in [-0.05, 0) is 132 Å². The average Bonchev–Trinajstić information content (AvgIpc) is 3.40. The lowest BCUT2D eigenvalue weighted by Crippen LogP contribution is -2.18. The molecular formula is C56H64Cl2N12O4. The second kappa shape index (κ2) is 32.6. The monoisotopic (exact) mass is 1040 g/mol. The second-order valence-electron chi connectivity index (χ2n) is 16.3. The van der Waals surface area contributed by atoms with Gasteiger partial charge >= 0.3 is 0 Å². The van der Waals surface area contributed by atoms with Crippen molar-refractivity contribution in [2.24, 2.45) is 20.4 Å². The van der Waals surface area contributed by atoms with Crippen molar-refractivity contribution in [1.82, 2.24) is 21.7 Å². The molecule has 6 aromatic rings. The predicted octanol–water partition coefficient (Wildman–Crippen LogP) is 10.1. The number of amides is 4. The maximum absolute atomic E-state index is 12.4. The number of hydrogen-bond acceptors (Lipinski definition) is 12. The number of nitrogens with one attached hydrogen (secondary N) is 6. The lowest BCUT2D eigenvalue weighted by atomic mass is 10.2. The van der Waals surface area contributed by atoms with Gasteiger partial charge in [0.05, 0.1) is 24.9 Å². The molecule has 0 heterocycles. The molecule has 0 bridgehead atoms. The molecule has 16 nitrogen and oxygen atoms in total. The van der Waals surface area contributed by atoms with Crippen LogP contribution in [0.3, 0.4) is 0 Å². The fraction of sp³-hybridized carbons (Fsp3) is 0.214. The highest BCUT2D eigenvalue weighted by Crippen LogP contribution is 2.15. The molecule has 4 amide bonds. The van der Waals surface area contributed by atoms with Gasteiger partial charge in [-0.3, -0.25) is 19.2 Å². The minimum atomic E-state index is -0.320. The topological polar surface area (TPSA) is 196 Å². The Hall–Kier alpha value is -8.34. The first-order valence-electron chi connectivity index (χ1n) is 23.9. The Bertz CT molecular complexity index is 2840. The number of anilines is 4. The van der Waals surface area contributed by atoms with E-state index < -0.39 is 0 Å². The van der Waals surface area contributed by atoms with Crippen molar-refractivity contribution in [3.05, 3.63) is 189 Å². The zero-order valence-corrected chi connectivity index (χ0v) is 44.0. The van der Waals surface area contributed by atoms with E-state index in [4.69, 9.17) is 23.2 Å². The largest absolute Gasteiger partial charge is 0.385 e. The first-order valence-corrected chi connectivity index (χ1v) is 24.6.